The van der Waals surface area contributed by atoms with Gasteiger partial charge in [-0.3, -0.25) is 4.98 Å². The van der Waals surface area contributed by atoms with Crippen molar-refractivity contribution >= 4 is 39.7 Å². The monoisotopic (exact) mass is 363 g/mol. The van der Waals surface area contributed by atoms with Crippen LogP contribution in [-0.2, 0) is 0 Å². The number of nitrogens with two attached hydrogens (primary N) is 1. The minimum Gasteiger partial charge on any atom is -0.435 e. The van der Waals surface area contributed by atoms with Gasteiger partial charge in [0.1, 0.15) is 17.5 Å². The topological polar surface area (TPSA) is 86.0 Å². The van der Waals surface area contributed by atoms with Gasteiger partial charge in [0.2, 0.25) is 5.88 Å². The fourth-order valence-electron chi connectivity index (χ4n) is 2.51. The van der Waals surface area contributed by atoms with Gasteiger partial charge >= 0.3 is 0 Å². The molecule has 0 bridgehead atoms. The zero-order valence-corrected chi connectivity index (χ0v) is 14.3. The van der Waals surface area contributed by atoms with Gasteiger partial charge in [0.15, 0.2) is 11.6 Å². The number of benzene rings is 2. The van der Waals surface area contributed by atoms with E-state index in [9.17, 15) is 0 Å². The second-order valence-electron chi connectivity index (χ2n) is 5.48. The quantitative estimate of drug-likeness (QED) is 0.541. The van der Waals surface area contributed by atoms with Gasteiger partial charge in [-0.2, -0.15) is 4.98 Å². The summed E-state index contributed by atoms with van der Waals surface area (Å²) in [5.74, 6) is 1.22. The predicted octanol–water partition coefficient (Wildman–Crippen LogP) is 4.80. The summed E-state index contributed by atoms with van der Waals surface area (Å²) in [6, 6.07) is 16.8. The molecule has 2 heterocycles. The lowest BCUT2D eigenvalue weighted by atomic mass is 10.2. The molecule has 2 aromatic heterocycles. The Kier molecular flexibility index (Phi) is 4.25. The molecule has 0 fully saturated rings. The molecular weight excluding hydrogens is 350 g/mol. The number of ether oxygens (including phenoxy) is 1. The Bertz CT molecular complexity index is 1080. The standard InChI is InChI=1S/C19H14ClN5O/c20-13-7-1-2-8-14(13)25-18-16(21)19(24-11-23-18)26-15-9-3-5-12-6-4-10-22-17(12)15/h1-11H,21H2,(H,23,24,25). The molecule has 0 aliphatic rings. The smallest absolute Gasteiger partial charge is 0.248 e. The summed E-state index contributed by atoms with van der Waals surface area (Å²) in [6.45, 7) is 0. The molecule has 0 saturated carbocycles. The lowest BCUT2D eigenvalue weighted by molar-refractivity contribution is 0.469. The first-order chi connectivity index (χ1) is 12.7. The highest BCUT2D eigenvalue weighted by Crippen LogP contribution is 2.34. The lowest BCUT2D eigenvalue weighted by Crippen LogP contribution is -2.03. The van der Waals surface area contributed by atoms with Crippen LogP contribution in [0.15, 0.2) is 67.1 Å². The van der Waals surface area contributed by atoms with Crippen molar-refractivity contribution in [2.45, 2.75) is 0 Å². The minimum absolute atomic E-state index is 0.243. The van der Waals surface area contributed by atoms with Crippen molar-refractivity contribution in [2.75, 3.05) is 11.1 Å². The van der Waals surface area contributed by atoms with E-state index in [1.54, 1.807) is 12.3 Å². The van der Waals surface area contributed by atoms with E-state index in [-0.39, 0.29) is 11.6 Å². The van der Waals surface area contributed by atoms with Gasteiger partial charge in [0.05, 0.1) is 10.7 Å². The highest BCUT2D eigenvalue weighted by atomic mass is 35.5. The molecule has 128 valence electrons. The number of halogens is 1. The molecule has 0 aliphatic carbocycles. The number of aromatic nitrogens is 3. The van der Waals surface area contributed by atoms with Crippen LogP contribution in [0.25, 0.3) is 10.9 Å². The number of nitrogen functional groups attached to an aromatic ring is 1. The highest BCUT2D eigenvalue weighted by molar-refractivity contribution is 6.33. The van der Waals surface area contributed by atoms with Gasteiger partial charge < -0.3 is 15.8 Å². The summed E-state index contributed by atoms with van der Waals surface area (Å²) in [7, 11) is 0. The summed E-state index contributed by atoms with van der Waals surface area (Å²) < 4.78 is 5.92. The molecule has 3 N–H and O–H groups in total. The average molecular weight is 364 g/mol. The molecule has 7 heteroatoms. The van der Waals surface area contributed by atoms with Crippen LogP contribution in [0.3, 0.4) is 0 Å². The molecule has 0 radical (unpaired) electrons. The second kappa shape index (κ2) is 6.85. The number of hydrogen-bond donors (Lipinski definition) is 2. The number of fused-ring (bicyclic) bond motifs is 1. The second-order valence-corrected chi connectivity index (χ2v) is 5.89. The minimum atomic E-state index is 0.243. The van der Waals surface area contributed by atoms with Crippen LogP contribution < -0.4 is 15.8 Å². The van der Waals surface area contributed by atoms with Crippen LogP contribution >= 0.6 is 11.6 Å². The van der Waals surface area contributed by atoms with Crippen molar-refractivity contribution in [3.05, 3.63) is 72.1 Å². The molecular formula is C19H14ClN5O. The van der Waals surface area contributed by atoms with E-state index in [1.807, 2.05) is 48.5 Å². The van der Waals surface area contributed by atoms with Crippen LogP contribution in [0, 0.1) is 0 Å². The molecule has 0 atom stereocenters. The normalized spacial score (nSPS) is 10.7. The molecule has 0 saturated heterocycles. The SMILES string of the molecule is Nc1c(Nc2ccccc2Cl)ncnc1Oc1cccc2cccnc12. The first-order valence-corrected chi connectivity index (χ1v) is 8.24. The Labute approximate surface area is 154 Å². The lowest BCUT2D eigenvalue weighted by Gasteiger charge is -2.13. The average Bonchev–Trinajstić information content (AvgIpc) is 2.67. The van der Waals surface area contributed by atoms with Crippen molar-refractivity contribution in [2.24, 2.45) is 0 Å². The van der Waals surface area contributed by atoms with E-state index in [0.29, 0.717) is 22.3 Å². The third-order valence-electron chi connectivity index (χ3n) is 3.78. The zero-order valence-electron chi connectivity index (χ0n) is 13.6. The number of pyridine rings is 1. The Balaban J connectivity index is 1.69. The van der Waals surface area contributed by atoms with Crippen molar-refractivity contribution < 1.29 is 4.74 Å². The number of hydrogen-bond acceptors (Lipinski definition) is 6. The van der Waals surface area contributed by atoms with E-state index in [0.717, 1.165) is 10.9 Å². The molecule has 4 aromatic rings. The van der Waals surface area contributed by atoms with Crippen LogP contribution in [0.5, 0.6) is 11.6 Å². The first kappa shape index (κ1) is 16.1. The Hall–Kier alpha value is -3.38. The Morgan fingerprint density at radius 2 is 1.77 bits per heavy atom. The largest absolute Gasteiger partial charge is 0.435 e. The number of para-hydroxylation sites is 2. The van der Waals surface area contributed by atoms with Crippen molar-refractivity contribution in [1.29, 1.82) is 0 Å². The summed E-state index contributed by atoms with van der Waals surface area (Å²) >= 11 is 6.18. The van der Waals surface area contributed by atoms with E-state index in [1.165, 1.54) is 6.33 Å². The fourth-order valence-corrected chi connectivity index (χ4v) is 2.70. The van der Waals surface area contributed by atoms with Crippen LogP contribution in [0.2, 0.25) is 5.02 Å². The maximum absolute atomic E-state index is 6.20. The number of anilines is 3. The van der Waals surface area contributed by atoms with E-state index in [4.69, 9.17) is 22.1 Å². The third kappa shape index (κ3) is 3.10. The summed E-state index contributed by atoms with van der Waals surface area (Å²) in [6.07, 6.45) is 3.09. The van der Waals surface area contributed by atoms with E-state index < -0.39 is 0 Å². The molecule has 0 unspecified atom stereocenters. The van der Waals surface area contributed by atoms with Crippen LogP contribution in [-0.4, -0.2) is 15.0 Å². The summed E-state index contributed by atoms with van der Waals surface area (Å²) in [5, 5.41) is 4.63. The molecule has 6 nitrogen and oxygen atoms in total. The first-order valence-electron chi connectivity index (χ1n) is 7.86. The van der Waals surface area contributed by atoms with Gasteiger partial charge in [0, 0.05) is 11.6 Å². The predicted molar refractivity (Wildman–Crippen MR) is 103 cm³/mol. The molecule has 26 heavy (non-hydrogen) atoms. The maximum atomic E-state index is 6.20. The highest BCUT2D eigenvalue weighted by Gasteiger charge is 2.13. The van der Waals surface area contributed by atoms with E-state index in [2.05, 4.69) is 20.3 Å². The number of nitrogens with one attached hydrogen (secondary N) is 1. The zero-order chi connectivity index (χ0) is 17.9. The maximum Gasteiger partial charge on any atom is 0.248 e. The van der Waals surface area contributed by atoms with Crippen molar-refractivity contribution in [1.82, 2.24) is 15.0 Å². The van der Waals surface area contributed by atoms with Crippen LogP contribution in [0.1, 0.15) is 0 Å². The van der Waals surface area contributed by atoms with Gasteiger partial charge in [-0.15, -0.1) is 0 Å². The Morgan fingerprint density at radius 3 is 2.65 bits per heavy atom. The number of rotatable bonds is 4. The van der Waals surface area contributed by atoms with Gasteiger partial charge in [-0.25, -0.2) is 4.98 Å². The van der Waals surface area contributed by atoms with Gasteiger partial charge in [-0.1, -0.05) is 41.9 Å². The number of nitrogens with zero attached hydrogens (tertiary/aromatic N) is 3. The molecule has 0 amide bonds. The molecule has 0 spiro atoms. The van der Waals surface area contributed by atoms with E-state index >= 15 is 0 Å². The van der Waals surface area contributed by atoms with Gasteiger partial charge in [-0.05, 0) is 24.3 Å². The Morgan fingerprint density at radius 1 is 0.923 bits per heavy atom. The van der Waals surface area contributed by atoms with Crippen molar-refractivity contribution in [3.8, 4) is 11.6 Å². The van der Waals surface area contributed by atoms with Crippen LogP contribution in [0.4, 0.5) is 17.2 Å². The molecule has 2 aromatic carbocycles. The third-order valence-corrected chi connectivity index (χ3v) is 4.11. The fraction of sp³-hybridized carbons (Fsp3) is 0. The molecule has 0 aliphatic heterocycles. The van der Waals surface area contributed by atoms with Crippen molar-refractivity contribution in [3.63, 3.8) is 0 Å². The summed E-state index contributed by atoms with van der Waals surface area (Å²) in [5.41, 5.74) is 7.90. The molecule has 4 rings (SSSR count). The van der Waals surface area contributed by atoms with Gasteiger partial charge in [0.25, 0.3) is 0 Å². The summed E-state index contributed by atoms with van der Waals surface area (Å²) in [4.78, 5) is 12.7.